The number of aromatic nitrogens is 3. The van der Waals surface area contributed by atoms with Crippen LogP contribution < -0.4 is 5.69 Å². The first-order valence-corrected chi connectivity index (χ1v) is 9.23. The Morgan fingerprint density at radius 2 is 1.70 bits per heavy atom. The lowest BCUT2D eigenvalue weighted by Crippen LogP contribution is -2.38. The van der Waals surface area contributed by atoms with Crippen molar-refractivity contribution in [3.05, 3.63) is 82.0 Å². The van der Waals surface area contributed by atoms with Gasteiger partial charge in [0.2, 0.25) is 0 Å². The molecule has 1 aromatic heterocycles. The lowest BCUT2D eigenvalue weighted by molar-refractivity contribution is 0.0710. The number of carbonyl (C=O) groups is 1. The van der Waals surface area contributed by atoms with E-state index in [4.69, 9.17) is 0 Å². The van der Waals surface area contributed by atoms with Crippen LogP contribution in [0.5, 0.6) is 0 Å². The molecule has 138 valence electrons. The van der Waals surface area contributed by atoms with Gasteiger partial charge in [-0.1, -0.05) is 36.4 Å². The molecule has 2 heterocycles. The topological polar surface area (TPSA) is 71.0 Å². The summed E-state index contributed by atoms with van der Waals surface area (Å²) in [6.45, 7) is 3.28. The van der Waals surface area contributed by atoms with E-state index in [0.29, 0.717) is 13.1 Å². The van der Waals surface area contributed by atoms with Gasteiger partial charge in [-0.05, 0) is 43.5 Å². The quantitative estimate of drug-likeness (QED) is 0.779. The van der Waals surface area contributed by atoms with E-state index in [1.807, 2.05) is 66.4 Å². The van der Waals surface area contributed by atoms with Crippen LogP contribution in [0.15, 0.2) is 59.4 Å². The van der Waals surface area contributed by atoms with E-state index in [1.54, 1.807) is 4.57 Å². The SMILES string of the molecule is Cc1ccccc1C(=O)N1CCC(c2n[nH]c(=O)n2-c2ccccc2)CC1. The lowest BCUT2D eigenvalue weighted by atomic mass is 9.95. The zero-order valence-corrected chi connectivity index (χ0v) is 15.3. The molecule has 1 amide bonds. The molecule has 0 spiro atoms. The monoisotopic (exact) mass is 362 g/mol. The van der Waals surface area contributed by atoms with Crippen LogP contribution in [0.4, 0.5) is 0 Å². The summed E-state index contributed by atoms with van der Waals surface area (Å²) in [4.78, 5) is 27.0. The summed E-state index contributed by atoms with van der Waals surface area (Å²) in [5.41, 5.74) is 2.34. The molecular weight excluding hydrogens is 340 g/mol. The predicted molar refractivity (Wildman–Crippen MR) is 103 cm³/mol. The zero-order valence-electron chi connectivity index (χ0n) is 15.3. The Labute approximate surface area is 157 Å². The van der Waals surface area contributed by atoms with E-state index in [2.05, 4.69) is 10.2 Å². The van der Waals surface area contributed by atoms with E-state index < -0.39 is 0 Å². The molecule has 1 aliphatic heterocycles. The third kappa shape index (κ3) is 3.30. The maximum absolute atomic E-state index is 12.8. The van der Waals surface area contributed by atoms with E-state index >= 15 is 0 Å². The summed E-state index contributed by atoms with van der Waals surface area (Å²) >= 11 is 0. The first-order chi connectivity index (χ1) is 13.1. The standard InChI is InChI=1S/C21H22N4O2/c1-15-7-5-6-10-18(15)20(26)24-13-11-16(12-14-24)19-22-23-21(27)25(19)17-8-3-2-4-9-17/h2-10,16H,11-14H2,1H3,(H,23,27). The molecule has 1 aliphatic rings. The molecule has 0 atom stereocenters. The molecule has 1 N–H and O–H groups in total. The predicted octanol–water partition coefficient (Wildman–Crippen LogP) is 2.89. The number of para-hydroxylation sites is 1. The van der Waals surface area contributed by atoms with Crippen LogP contribution in [0.25, 0.3) is 5.69 Å². The molecular formula is C21H22N4O2. The minimum absolute atomic E-state index is 0.0778. The lowest BCUT2D eigenvalue weighted by Gasteiger charge is -2.32. The number of amides is 1. The molecule has 2 aromatic carbocycles. The van der Waals surface area contributed by atoms with Crippen molar-refractivity contribution in [3.8, 4) is 5.69 Å². The highest BCUT2D eigenvalue weighted by atomic mass is 16.2. The van der Waals surface area contributed by atoms with Crippen molar-refractivity contribution in [3.63, 3.8) is 0 Å². The Bertz CT molecular complexity index is 998. The Morgan fingerprint density at radius 1 is 1.04 bits per heavy atom. The number of aryl methyl sites for hydroxylation is 1. The van der Waals surface area contributed by atoms with Crippen molar-refractivity contribution in [2.45, 2.75) is 25.7 Å². The number of hydrogen-bond acceptors (Lipinski definition) is 3. The fraction of sp³-hybridized carbons (Fsp3) is 0.286. The summed E-state index contributed by atoms with van der Waals surface area (Å²) < 4.78 is 1.64. The minimum atomic E-state index is -0.227. The third-order valence-corrected chi connectivity index (χ3v) is 5.24. The van der Waals surface area contributed by atoms with Gasteiger partial charge in [0, 0.05) is 24.6 Å². The van der Waals surface area contributed by atoms with Crippen LogP contribution >= 0.6 is 0 Å². The molecule has 1 fully saturated rings. The highest BCUT2D eigenvalue weighted by molar-refractivity contribution is 5.95. The van der Waals surface area contributed by atoms with Crippen LogP contribution in [-0.4, -0.2) is 38.7 Å². The second kappa shape index (κ2) is 7.23. The summed E-state index contributed by atoms with van der Waals surface area (Å²) in [6, 6.07) is 17.2. The number of nitrogens with one attached hydrogen (secondary N) is 1. The number of rotatable bonds is 3. The average Bonchev–Trinajstić information content (AvgIpc) is 3.10. The molecule has 3 aromatic rings. The summed E-state index contributed by atoms with van der Waals surface area (Å²) in [5, 5.41) is 6.86. The largest absolute Gasteiger partial charge is 0.347 e. The van der Waals surface area contributed by atoms with Gasteiger partial charge in [-0.3, -0.25) is 4.79 Å². The minimum Gasteiger partial charge on any atom is -0.339 e. The number of nitrogens with zero attached hydrogens (tertiary/aromatic N) is 3. The van der Waals surface area contributed by atoms with Crippen molar-refractivity contribution < 1.29 is 4.79 Å². The summed E-state index contributed by atoms with van der Waals surface area (Å²) in [7, 11) is 0. The second-order valence-corrected chi connectivity index (χ2v) is 6.94. The number of hydrogen-bond donors (Lipinski definition) is 1. The van der Waals surface area contributed by atoms with Gasteiger partial charge in [-0.2, -0.15) is 5.10 Å². The van der Waals surface area contributed by atoms with Gasteiger partial charge in [-0.25, -0.2) is 14.5 Å². The number of benzene rings is 2. The number of aromatic amines is 1. The van der Waals surface area contributed by atoms with Crippen LogP contribution in [-0.2, 0) is 0 Å². The highest BCUT2D eigenvalue weighted by Crippen LogP contribution is 2.28. The van der Waals surface area contributed by atoms with Gasteiger partial charge in [0.25, 0.3) is 5.91 Å². The number of H-pyrrole nitrogens is 1. The van der Waals surface area contributed by atoms with Crippen molar-refractivity contribution in [2.75, 3.05) is 13.1 Å². The maximum Gasteiger partial charge on any atom is 0.347 e. The van der Waals surface area contributed by atoms with Crippen LogP contribution in [0.3, 0.4) is 0 Å². The van der Waals surface area contributed by atoms with Gasteiger partial charge in [0.05, 0.1) is 5.69 Å². The first kappa shape index (κ1) is 17.3. The molecule has 0 unspecified atom stereocenters. The van der Waals surface area contributed by atoms with Crippen LogP contribution in [0, 0.1) is 6.92 Å². The van der Waals surface area contributed by atoms with Gasteiger partial charge in [-0.15, -0.1) is 0 Å². The van der Waals surface area contributed by atoms with Crippen molar-refractivity contribution in [1.82, 2.24) is 19.7 Å². The van der Waals surface area contributed by atoms with Crippen LogP contribution in [0.1, 0.15) is 40.5 Å². The number of likely N-dealkylation sites (tertiary alicyclic amines) is 1. The number of carbonyl (C=O) groups excluding carboxylic acids is 1. The molecule has 0 aliphatic carbocycles. The fourth-order valence-corrected chi connectivity index (χ4v) is 3.73. The van der Waals surface area contributed by atoms with Gasteiger partial charge in [0.15, 0.2) is 0 Å². The third-order valence-electron chi connectivity index (χ3n) is 5.24. The Kier molecular flexibility index (Phi) is 4.62. The molecule has 0 radical (unpaired) electrons. The Morgan fingerprint density at radius 3 is 2.41 bits per heavy atom. The van der Waals surface area contributed by atoms with E-state index in [0.717, 1.165) is 35.5 Å². The normalized spacial score (nSPS) is 15.1. The molecule has 0 saturated carbocycles. The average molecular weight is 362 g/mol. The number of piperidine rings is 1. The van der Waals surface area contributed by atoms with Gasteiger partial charge >= 0.3 is 5.69 Å². The van der Waals surface area contributed by atoms with Crippen molar-refractivity contribution in [1.29, 1.82) is 0 Å². The molecule has 4 rings (SSSR count). The highest BCUT2D eigenvalue weighted by Gasteiger charge is 2.28. The summed E-state index contributed by atoms with van der Waals surface area (Å²) in [6.07, 6.45) is 1.57. The van der Waals surface area contributed by atoms with Crippen LogP contribution in [0.2, 0.25) is 0 Å². The van der Waals surface area contributed by atoms with Gasteiger partial charge in [0.1, 0.15) is 5.82 Å². The summed E-state index contributed by atoms with van der Waals surface area (Å²) in [5.74, 6) is 0.966. The zero-order chi connectivity index (χ0) is 18.8. The first-order valence-electron chi connectivity index (χ1n) is 9.23. The maximum atomic E-state index is 12.8. The molecule has 6 heteroatoms. The molecule has 0 bridgehead atoms. The smallest absolute Gasteiger partial charge is 0.339 e. The molecule has 6 nitrogen and oxygen atoms in total. The van der Waals surface area contributed by atoms with Crippen molar-refractivity contribution in [2.24, 2.45) is 0 Å². The Balaban J connectivity index is 1.52. The van der Waals surface area contributed by atoms with E-state index in [-0.39, 0.29) is 17.5 Å². The molecule has 27 heavy (non-hydrogen) atoms. The van der Waals surface area contributed by atoms with E-state index in [9.17, 15) is 9.59 Å². The molecule has 1 saturated heterocycles. The van der Waals surface area contributed by atoms with Gasteiger partial charge < -0.3 is 4.90 Å². The second-order valence-electron chi connectivity index (χ2n) is 6.94. The Hall–Kier alpha value is -3.15. The van der Waals surface area contributed by atoms with E-state index in [1.165, 1.54) is 0 Å². The fourth-order valence-electron chi connectivity index (χ4n) is 3.73. The van der Waals surface area contributed by atoms with Crippen molar-refractivity contribution >= 4 is 5.91 Å².